The van der Waals surface area contributed by atoms with E-state index < -0.39 is 0 Å². The molecule has 1 aromatic carbocycles. The van der Waals surface area contributed by atoms with Gasteiger partial charge in [0.25, 0.3) is 5.91 Å². The van der Waals surface area contributed by atoms with E-state index in [1.807, 2.05) is 19.1 Å². The van der Waals surface area contributed by atoms with Crippen LogP contribution in [0.1, 0.15) is 29.5 Å². The zero-order chi connectivity index (χ0) is 13.1. The first-order valence-corrected chi connectivity index (χ1v) is 6.02. The maximum Gasteiger partial charge on any atom is 0.255 e. The van der Waals surface area contributed by atoms with Gasteiger partial charge in [-0.25, -0.2) is 0 Å². The molecule has 4 heteroatoms. The van der Waals surface area contributed by atoms with Crippen LogP contribution < -0.4 is 10.1 Å². The van der Waals surface area contributed by atoms with E-state index in [9.17, 15) is 4.79 Å². The maximum atomic E-state index is 12.1. The lowest BCUT2D eigenvalue weighted by Crippen LogP contribution is -2.24. The summed E-state index contributed by atoms with van der Waals surface area (Å²) in [5, 5.41) is 3.69. The molecular formula is C14H17NO3. The van der Waals surface area contributed by atoms with Gasteiger partial charge in [-0.1, -0.05) is 6.92 Å². The van der Waals surface area contributed by atoms with Crippen LogP contribution >= 0.6 is 0 Å². The minimum Gasteiger partial charge on any atom is -0.497 e. The Kier molecular flexibility index (Phi) is 3.55. The summed E-state index contributed by atoms with van der Waals surface area (Å²) >= 11 is 0. The summed E-state index contributed by atoms with van der Waals surface area (Å²) in [5.74, 6) is 1.27. The molecule has 0 atom stereocenters. The summed E-state index contributed by atoms with van der Waals surface area (Å²) < 4.78 is 10.7. The third kappa shape index (κ3) is 2.18. The van der Waals surface area contributed by atoms with E-state index in [1.54, 1.807) is 20.1 Å². The molecule has 0 aliphatic rings. The van der Waals surface area contributed by atoms with Gasteiger partial charge in [-0.05, 0) is 25.5 Å². The van der Waals surface area contributed by atoms with Gasteiger partial charge in [0.1, 0.15) is 17.1 Å². The minimum atomic E-state index is -0.0849. The van der Waals surface area contributed by atoms with Crippen molar-refractivity contribution in [2.45, 2.75) is 20.3 Å². The highest BCUT2D eigenvalue weighted by molar-refractivity contribution is 6.07. The maximum absolute atomic E-state index is 12.1. The molecule has 0 radical (unpaired) electrons. The summed E-state index contributed by atoms with van der Waals surface area (Å²) in [6, 6.07) is 5.47. The molecule has 1 N–H and O–H groups in total. The highest BCUT2D eigenvalue weighted by atomic mass is 16.5. The van der Waals surface area contributed by atoms with Gasteiger partial charge in [0.15, 0.2) is 0 Å². The second-order valence-electron chi connectivity index (χ2n) is 4.15. The Morgan fingerprint density at radius 1 is 1.44 bits per heavy atom. The van der Waals surface area contributed by atoms with Gasteiger partial charge in [0, 0.05) is 18.0 Å². The Morgan fingerprint density at radius 2 is 2.22 bits per heavy atom. The van der Waals surface area contributed by atoms with Crippen LogP contribution in [0.15, 0.2) is 22.6 Å². The molecule has 1 aromatic heterocycles. The Labute approximate surface area is 106 Å². The van der Waals surface area contributed by atoms with E-state index in [0.29, 0.717) is 23.5 Å². The van der Waals surface area contributed by atoms with Crippen LogP contribution in [0.3, 0.4) is 0 Å². The molecule has 0 spiro atoms. The Balaban J connectivity index is 2.44. The quantitative estimate of drug-likeness (QED) is 0.903. The molecule has 96 valence electrons. The van der Waals surface area contributed by atoms with Gasteiger partial charge < -0.3 is 14.5 Å². The van der Waals surface area contributed by atoms with Crippen molar-refractivity contribution in [1.82, 2.24) is 5.32 Å². The molecule has 2 aromatic rings. The number of methoxy groups -OCH3 is 1. The lowest BCUT2D eigenvalue weighted by atomic mass is 10.1. The van der Waals surface area contributed by atoms with Crippen LogP contribution in [0.4, 0.5) is 0 Å². The van der Waals surface area contributed by atoms with Crippen LogP contribution in [0, 0.1) is 6.92 Å². The van der Waals surface area contributed by atoms with Crippen molar-refractivity contribution in [2.75, 3.05) is 13.7 Å². The molecule has 4 nitrogen and oxygen atoms in total. The highest BCUT2D eigenvalue weighted by Gasteiger charge is 2.17. The van der Waals surface area contributed by atoms with E-state index >= 15 is 0 Å². The van der Waals surface area contributed by atoms with Crippen molar-refractivity contribution in [2.24, 2.45) is 0 Å². The average Bonchev–Trinajstić information content (AvgIpc) is 2.70. The van der Waals surface area contributed by atoms with Gasteiger partial charge in [0.05, 0.1) is 12.7 Å². The third-order valence-electron chi connectivity index (χ3n) is 2.84. The van der Waals surface area contributed by atoms with Crippen molar-refractivity contribution in [1.29, 1.82) is 0 Å². The number of hydrogen-bond acceptors (Lipinski definition) is 3. The van der Waals surface area contributed by atoms with Crippen molar-refractivity contribution in [3.63, 3.8) is 0 Å². The molecule has 2 rings (SSSR count). The van der Waals surface area contributed by atoms with Gasteiger partial charge >= 0.3 is 0 Å². The van der Waals surface area contributed by atoms with Crippen molar-refractivity contribution in [3.8, 4) is 5.75 Å². The molecule has 18 heavy (non-hydrogen) atoms. The fourth-order valence-electron chi connectivity index (χ4n) is 1.94. The zero-order valence-corrected chi connectivity index (χ0v) is 10.9. The smallest absolute Gasteiger partial charge is 0.255 e. The summed E-state index contributed by atoms with van der Waals surface area (Å²) in [6.45, 7) is 4.49. The van der Waals surface area contributed by atoms with Crippen LogP contribution in [0.2, 0.25) is 0 Å². The van der Waals surface area contributed by atoms with Crippen molar-refractivity contribution < 1.29 is 13.9 Å². The third-order valence-corrected chi connectivity index (χ3v) is 2.84. The standard InChI is InChI=1S/C14H17NO3/c1-4-7-15-14(16)13-9(2)18-12-8-10(17-3)5-6-11(12)13/h5-6,8H,4,7H2,1-3H3,(H,15,16). The lowest BCUT2D eigenvalue weighted by molar-refractivity contribution is 0.0953. The molecule has 0 aliphatic carbocycles. The molecular weight excluding hydrogens is 230 g/mol. The SMILES string of the molecule is CCCNC(=O)c1c(C)oc2cc(OC)ccc12. The van der Waals surface area contributed by atoms with Gasteiger partial charge in [0.2, 0.25) is 0 Å². The van der Waals surface area contributed by atoms with Gasteiger partial charge in [-0.15, -0.1) is 0 Å². The molecule has 0 saturated heterocycles. The van der Waals surface area contributed by atoms with E-state index in [-0.39, 0.29) is 5.91 Å². The van der Waals surface area contributed by atoms with Gasteiger partial charge in [-0.3, -0.25) is 4.79 Å². The van der Waals surface area contributed by atoms with Crippen LogP contribution in [-0.4, -0.2) is 19.6 Å². The zero-order valence-electron chi connectivity index (χ0n) is 10.9. The number of hydrogen-bond donors (Lipinski definition) is 1. The number of carbonyl (C=O) groups is 1. The van der Waals surface area contributed by atoms with Crippen LogP contribution in [0.5, 0.6) is 5.75 Å². The monoisotopic (exact) mass is 247 g/mol. The number of ether oxygens (including phenoxy) is 1. The lowest BCUT2D eigenvalue weighted by Gasteiger charge is -2.02. The molecule has 0 aliphatic heterocycles. The predicted molar refractivity (Wildman–Crippen MR) is 70.1 cm³/mol. The van der Waals surface area contributed by atoms with E-state index in [4.69, 9.17) is 9.15 Å². The Hall–Kier alpha value is -1.97. The van der Waals surface area contributed by atoms with E-state index in [0.717, 1.165) is 17.6 Å². The Bertz CT molecular complexity index is 572. The topological polar surface area (TPSA) is 51.5 Å². The Morgan fingerprint density at radius 3 is 2.89 bits per heavy atom. The van der Waals surface area contributed by atoms with E-state index in [2.05, 4.69) is 5.32 Å². The van der Waals surface area contributed by atoms with Crippen molar-refractivity contribution >= 4 is 16.9 Å². The van der Waals surface area contributed by atoms with Gasteiger partial charge in [-0.2, -0.15) is 0 Å². The largest absolute Gasteiger partial charge is 0.497 e. The first-order valence-electron chi connectivity index (χ1n) is 6.02. The number of aryl methyl sites for hydroxylation is 1. The van der Waals surface area contributed by atoms with Crippen molar-refractivity contribution in [3.05, 3.63) is 29.5 Å². The molecule has 0 unspecified atom stereocenters. The predicted octanol–water partition coefficient (Wildman–Crippen LogP) is 2.89. The highest BCUT2D eigenvalue weighted by Crippen LogP contribution is 2.28. The molecule has 0 fully saturated rings. The fourth-order valence-corrected chi connectivity index (χ4v) is 1.94. The number of furan rings is 1. The van der Waals surface area contributed by atoms with E-state index in [1.165, 1.54) is 0 Å². The number of amides is 1. The summed E-state index contributed by atoms with van der Waals surface area (Å²) in [5.41, 5.74) is 1.29. The van der Waals surface area contributed by atoms with Crippen LogP contribution in [0.25, 0.3) is 11.0 Å². The minimum absolute atomic E-state index is 0.0849. The van der Waals surface area contributed by atoms with Crippen LogP contribution in [-0.2, 0) is 0 Å². The average molecular weight is 247 g/mol. The number of nitrogens with one attached hydrogen (secondary N) is 1. The summed E-state index contributed by atoms with van der Waals surface area (Å²) in [4.78, 5) is 12.1. The second kappa shape index (κ2) is 5.12. The number of benzene rings is 1. The first-order chi connectivity index (χ1) is 8.67. The normalized spacial score (nSPS) is 10.6. The second-order valence-corrected chi connectivity index (χ2v) is 4.15. The molecule has 0 bridgehead atoms. The molecule has 0 saturated carbocycles. The fraction of sp³-hybridized carbons (Fsp3) is 0.357. The number of fused-ring (bicyclic) bond motifs is 1. The number of rotatable bonds is 4. The molecule has 1 heterocycles. The number of carbonyl (C=O) groups excluding carboxylic acids is 1. The summed E-state index contributed by atoms with van der Waals surface area (Å²) in [6.07, 6.45) is 0.911. The first kappa shape index (κ1) is 12.5. The molecule has 1 amide bonds. The summed E-state index contributed by atoms with van der Waals surface area (Å²) in [7, 11) is 1.60.